The number of fused-ring (bicyclic) bond motifs is 1. The second-order valence-electron chi connectivity index (χ2n) is 8.28. The molecule has 2 N–H and O–H groups in total. The highest BCUT2D eigenvalue weighted by Gasteiger charge is 2.27. The third kappa shape index (κ3) is 3.57. The van der Waals surface area contributed by atoms with Gasteiger partial charge in [-0.2, -0.15) is 0 Å². The molecule has 0 saturated carbocycles. The predicted molar refractivity (Wildman–Crippen MR) is 121 cm³/mol. The molecule has 2 heterocycles. The van der Waals surface area contributed by atoms with Crippen molar-refractivity contribution in [3.05, 3.63) is 48.2 Å². The lowest BCUT2D eigenvalue weighted by Gasteiger charge is -2.28. The van der Waals surface area contributed by atoms with Gasteiger partial charge in [-0.3, -0.25) is 14.5 Å². The first-order valence-corrected chi connectivity index (χ1v) is 10.4. The molecule has 154 valence electrons. The van der Waals surface area contributed by atoms with Crippen molar-refractivity contribution in [1.82, 2.24) is 4.98 Å². The maximum Gasteiger partial charge on any atom is 0.238 e. The summed E-state index contributed by atoms with van der Waals surface area (Å²) in [5.74, 6) is 0.312. The summed E-state index contributed by atoms with van der Waals surface area (Å²) in [5, 5.41) is 0.520. The summed E-state index contributed by atoms with van der Waals surface area (Å²) >= 11 is 1.44. The van der Waals surface area contributed by atoms with E-state index in [1.165, 1.54) is 28.5 Å². The highest BCUT2D eigenvalue weighted by molar-refractivity contribution is 7.22. The summed E-state index contributed by atoms with van der Waals surface area (Å²) in [4.78, 5) is 30.1. The van der Waals surface area contributed by atoms with Gasteiger partial charge in [-0.25, -0.2) is 4.98 Å². The molecule has 0 unspecified atom stereocenters. The second kappa shape index (κ2) is 7.25. The van der Waals surface area contributed by atoms with E-state index in [9.17, 15) is 9.59 Å². The molecule has 4 rings (SSSR count). The molecular weight excluding hydrogens is 398 g/mol. The predicted octanol–water partition coefficient (Wildman–Crippen LogP) is 4.67. The van der Waals surface area contributed by atoms with E-state index in [2.05, 4.69) is 25.8 Å². The molecule has 0 fully saturated rings. The molecule has 0 saturated heterocycles. The van der Waals surface area contributed by atoms with Crippen LogP contribution in [0.5, 0.6) is 5.75 Å². The number of carbonyl (C=O) groups is 2. The smallest absolute Gasteiger partial charge is 0.238 e. The number of ether oxygens (including phenoxy) is 1. The molecule has 0 aliphatic carbocycles. The van der Waals surface area contributed by atoms with E-state index in [4.69, 9.17) is 10.5 Å². The van der Waals surface area contributed by atoms with Gasteiger partial charge >= 0.3 is 0 Å². The molecule has 1 aliphatic heterocycles. The van der Waals surface area contributed by atoms with Crippen LogP contribution in [0.2, 0.25) is 0 Å². The second-order valence-corrected chi connectivity index (χ2v) is 9.34. The number of hydrogen-bond acceptors (Lipinski definition) is 6. The lowest BCUT2D eigenvalue weighted by atomic mass is 9.83. The van der Waals surface area contributed by atoms with E-state index < -0.39 is 0 Å². The van der Waals surface area contributed by atoms with Crippen molar-refractivity contribution < 1.29 is 14.3 Å². The van der Waals surface area contributed by atoms with Gasteiger partial charge in [0.15, 0.2) is 10.9 Å². The first kappa shape index (κ1) is 20.1. The summed E-state index contributed by atoms with van der Waals surface area (Å²) in [6.45, 7) is 6.29. The zero-order valence-electron chi connectivity index (χ0n) is 17.4. The highest BCUT2D eigenvalue weighted by Crippen LogP contribution is 2.43. The standard InChI is InChI=1S/C23H23N3O3S/c1-23(2,3)17-11-14(26-8-7-15(27)12-20(26)28)10-16(21(17)29-4)13-5-6-19-18(9-13)25-22(24)30-19/h5-11H,12H2,1-4H3,(H2,24,25). The van der Waals surface area contributed by atoms with E-state index in [1.54, 1.807) is 7.11 Å². The minimum absolute atomic E-state index is 0.132. The fraction of sp³-hybridized carbons (Fsp3) is 0.261. The van der Waals surface area contributed by atoms with E-state index in [0.29, 0.717) is 10.8 Å². The van der Waals surface area contributed by atoms with Crippen LogP contribution >= 0.6 is 11.3 Å². The van der Waals surface area contributed by atoms with Crippen LogP contribution in [-0.2, 0) is 15.0 Å². The minimum atomic E-state index is -0.249. The van der Waals surface area contributed by atoms with Crippen LogP contribution in [0.1, 0.15) is 32.8 Å². The van der Waals surface area contributed by atoms with Gasteiger partial charge in [0, 0.05) is 23.0 Å². The number of hydrogen-bond donors (Lipinski definition) is 1. The number of nitrogens with two attached hydrogens (primary N) is 1. The van der Waals surface area contributed by atoms with Gasteiger partial charge in [0.25, 0.3) is 0 Å². The Bertz CT molecular complexity index is 1200. The summed E-state index contributed by atoms with van der Waals surface area (Å²) in [6.07, 6.45) is 2.84. The van der Waals surface area contributed by atoms with Crippen molar-refractivity contribution in [3.63, 3.8) is 0 Å². The molecule has 0 radical (unpaired) electrons. The van der Waals surface area contributed by atoms with Crippen LogP contribution in [-0.4, -0.2) is 23.8 Å². The molecule has 0 spiro atoms. The third-order valence-corrected chi connectivity index (χ3v) is 5.95. The van der Waals surface area contributed by atoms with Gasteiger partial charge in [-0.15, -0.1) is 0 Å². The maximum atomic E-state index is 12.5. The number of carbonyl (C=O) groups excluding carboxylic acids is 2. The number of aromatic nitrogens is 1. The molecule has 7 heteroatoms. The Labute approximate surface area is 179 Å². The number of anilines is 2. The minimum Gasteiger partial charge on any atom is -0.496 e. The van der Waals surface area contributed by atoms with Gasteiger partial charge < -0.3 is 10.5 Å². The maximum absolute atomic E-state index is 12.5. The number of nitrogen functional groups attached to an aromatic ring is 1. The Balaban J connectivity index is 1.96. The van der Waals surface area contributed by atoms with Crippen molar-refractivity contribution in [2.24, 2.45) is 0 Å². The Morgan fingerprint density at radius 3 is 2.60 bits per heavy atom. The molecular formula is C23H23N3O3S. The summed E-state index contributed by atoms with van der Waals surface area (Å²) in [7, 11) is 1.65. The first-order chi connectivity index (χ1) is 14.2. The quantitative estimate of drug-likeness (QED) is 0.621. The third-order valence-electron chi connectivity index (χ3n) is 5.08. The lowest BCUT2D eigenvalue weighted by Crippen LogP contribution is -2.31. The number of amides is 1. The van der Waals surface area contributed by atoms with Crippen LogP contribution < -0.4 is 15.4 Å². The van der Waals surface area contributed by atoms with Gasteiger partial charge in [0.1, 0.15) is 5.75 Å². The average Bonchev–Trinajstić information content (AvgIpc) is 3.05. The number of allylic oxidation sites excluding steroid dienone is 1. The van der Waals surface area contributed by atoms with Crippen molar-refractivity contribution in [3.8, 4) is 16.9 Å². The molecule has 1 aromatic heterocycles. The zero-order valence-corrected chi connectivity index (χ0v) is 18.2. The molecule has 0 atom stereocenters. The Kier molecular flexibility index (Phi) is 4.86. The van der Waals surface area contributed by atoms with Crippen LogP contribution in [0.15, 0.2) is 42.6 Å². The van der Waals surface area contributed by atoms with Crippen LogP contribution in [0.3, 0.4) is 0 Å². The molecule has 1 amide bonds. The largest absolute Gasteiger partial charge is 0.496 e. The van der Waals surface area contributed by atoms with Crippen molar-refractivity contribution in [2.45, 2.75) is 32.6 Å². The lowest BCUT2D eigenvalue weighted by molar-refractivity contribution is -0.124. The van der Waals surface area contributed by atoms with Gasteiger partial charge in [-0.1, -0.05) is 38.2 Å². The molecule has 3 aromatic rings. The van der Waals surface area contributed by atoms with E-state index in [0.717, 1.165) is 32.7 Å². The molecule has 6 nitrogen and oxygen atoms in total. The van der Waals surface area contributed by atoms with Gasteiger partial charge in [0.2, 0.25) is 5.91 Å². The Morgan fingerprint density at radius 2 is 1.93 bits per heavy atom. The van der Waals surface area contributed by atoms with Crippen molar-refractivity contribution in [2.75, 3.05) is 17.7 Å². The topological polar surface area (TPSA) is 85.5 Å². The van der Waals surface area contributed by atoms with E-state index >= 15 is 0 Å². The fourth-order valence-electron chi connectivity index (χ4n) is 3.62. The molecule has 30 heavy (non-hydrogen) atoms. The molecule has 1 aliphatic rings. The Hall–Kier alpha value is -3.19. The van der Waals surface area contributed by atoms with E-state index in [1.807, 2.05) is 30.3 Å². The summed E-state index contributed by atoms with van der Waals surface area (Å²) < 4.78 is 6.85. The SMILES string of the molecule is COc1c(-c2ccc3sc(N)nc3c2)cc(N2C=CC(=O)CC2=O)cc1C(C)(C)C. The first-order valence-electron chi connectivity index (χ1n) is 9.59. The summed E-state index contributed by atoms with van der Waals surface area (Å²) in [6, 6.07) is 9.86. The highest BCUT2D eigenvalue weighted by atomic mass is 32.1. The van der Waals surface area contributed by atoms with Crippen LogP contribution in [0.25, 0.3) is 21.3 Å². The monoisotopic (exact) mass is 421 g/mol. The summed E-state index contributed by atoms with van der Waals surface area (Å²) in [5.41, 5.74) is 9.89. The number of methoxy groups -OCH3 is 1. The van der Waals surface area contributed by atoms with Crippen molar-refractivity contribution in [1.29, 1.82) is 0 Å². The molecule has 2 aromatic carbocycles. The number of rotatable bonds is 3. The molecule has 0 bridgehead atoms. The van der Waals surface area contributed by atoms with Crippen LogP contribution in [0.4, 0.5) is 10.8 Å². The number of ketones is 1. The fourth-order valence-corrected chi connectivity index (χ4v) is 4.34. The zero-order chi connectivity index (χ0) is 21.6. The van der Waals surface area contributed by atoms with Gasteiger partial charge in [0.05, 0.1) is 23.7 Å². The number of nitrogens with zero attached hydrogens (tertiary/aromatic N) is 2. The van der Waals surface area contributed by atoms with Crippen LogP contribution in [0, 0.1) is 0 Å². The van der Waals surface area contributed by atoms with Crippen molar-refractivity contribution >= 4 is 44.1 Å². The average molecular weight is 422 g/mol. The normalized spacial score (nSPS) is 14.6. The number of benzene rings is 2. The Morgan fingerprint density at radius 1 is 1.17 bits per heavy atom. The van der Waals surface area contributed by atoms with E-state index in [-0.39, 0.29) is 23.5 Å². The number of thiazole rings is 1. The van der Waals surface area contributed by atoms with Gasteiger partial charge in [-0.05, 0) is 41.3 Å².